The molecule has 1 atom stereocenters. The molecule has 17 heavy (non-hydrogen) atoms. The highest BCUT2D eigenvalue weighted by Gasteiger charge is 2.67. The predicted octanol–water partition coefficient (Wildman–Crippen LogP) is 5.11. The Morgan fingerprint density at radius 1 is 1.35 bits per heavy atom. The fraction of sp³-hybridized carbons (Fsp3) is 0.692. The van der Waals surface area contributed by atoms with Crippen molar-refractivity contribution in [2.45, 2.75) is 33.7 Å². The maximum atomic E-state index is 6.13. The van der Waals surface area contributed by atoms with Crippen molar-refractivity contribution < 1.29 is 0 Å². The molecule has 0 bridgehead atoms. The highest BCUT2D eigenvalue weighted by molar-refractivity contribution is 9.11. The summed E-state index contributed by atoms with van der Waals surface area (Å²) in [5, 5.41) is 4.28. The van der Waals surface area contributed by atoms with Gasteiger partial charge >= 0.3 is 0 Å². The van der Waals surface area contributed by atoms with Crippen molar-refractivity contribution >= 4 is 38.9 Å². The molecule has 0 aromatic carbocycles. The van der Waals surface area contributed by atoms with Crippen LogP contribution in [-0.4, -0.2) is 7.05 Å². The molecule has 1 N–H and O–H groups in total. The third kappa shape index (κ3) is 1.99. The molecule has 2 rings (SSSR count). The third-order valence-electron chi connectivity index (χ3n) is 4.75. The van der Waals surface area contributed by atoms with E-state index in [1.165, 1.54) is 4.88 Å². The SMILES string of the molecule is CNC(c1cc(Cl)c(Br)s1)C1C(C)(C)C1(C)C. The lowest BCUT2D eigenvalue weighted by atomic mass is 10.0. The Bertz CT molecular complexity index is 405. The zero-order chi connectivity index (χ0) is 13.0. The van der Waals surface area contributed by atoms with Gasteiger partial charge in [0.05, 0.1) is 8.81 Å². The normalized spacial score (nSPS) is 23.7. The first-order valence-corrected chi connectivity index (χ1v) is 7.84. The second kappa shape index (κ2) is 4.22. The van der Waals surface area contributed by atoms with Crippen molar-refractivity contribution in [2.75, 3.05) is 7.05 Å². The van der Waals surface area contributed by atoms with E-state index in [1.54, 1.807) is 11.3 Å². The Labute approximate surface area is 121 Å². The van der Waals surface area contributed by atoms with E-state index in [4.69, 9.17) is 11.6 Å². The molecule has 0 amide bonds. The van der Waals surface area contributed by atoms with Crippen LogP contribution in [0.2, 0.25) is 5.02 Å². The molecule has 4 heteroatoms. The van der Waals surface area contributed by atoms with Gasteiger partial charge in [-0.05, 0) is 45.8 Å². The lowest BCUT2D eigenvalue weighted by molar-refractivity contribution is 0.444. The number of halogens is 2. The number of thiophene rings is 1. The van der Waals surface area contributed by atoms with Crippen molar-refractivity contribution in [1.29, 1.82) is 0 Å². The number of rotatable bonds is 3. The molecule has 1 fully saturated rings. The van der Waals surface area contributed by atoms with Crippen LogP contribution in [0.4, 0.5) is 0 Å². The molecule has 0 saturated heterocycles. The van der Waals surface area contributed by atoms with Crippen LogP contribution in [0.15, 0.2) is 9.85 Å². The summed E-state index contributed by atoms with van der Waals surface area (Å²) >= 11 is 11.4. The zero-order valence-electron chi connectivity index (χ0n) is 10.9. The van der Waals surface area contributed by atoms with Crippen LogP contribution in [0, 0.1) is 16.7 Å². The maximum Gasteiger partial charge on any atom is 0.0887 e. The molecule has 96 valence electrons. The Kier molecular flexibility index (Phi) is 3.44. The molecule has 1 aromatic heterocycles. The first-order valence-electron chi connectivity index (χ1n) is 5.85. The van der Waals surface area contributed by atoms with Gasteiger partial charge in [0.2, 0.25) is 0 Å². The van der Waals surface area contributed by atoms with Gasteiger partial charge in [-0.1, -0.05) is 39.3 Å². The van der Waals surface area contributed by atoms with E-state index in [0.717, 1.165) is 8.81 Å². The van der Waals surface area contributed by atoms with Crippen LogP contribution in [0.25, 0.3) is 0 Å². The maximum absolute atomic E-state index is 6.13. The molecule has 0 radical (unpaired) electrons. The van der Waals surface area contributed by atoms with Crippen LogP contribution < -0.4 is 5.32 Å². The lowest BCUT2D eigenvalue weighted by Gasteiger charge is -2.16. The number of nitrogens with one attached hydrogen (secondary N) is 1. The number of hydrogen-bond donors (Lipinski definition) is 1. The minimum atomic E-state index is 0.379. The van der Waals surface area contributed by atoms with Crippen molar-refractivity contribution in [3.63, 3.8) is 0 Å². The first-order chi connectivity index (χ1) is 7.73. The van der Waals surface area contributed by atoms with Gasteiger partial charge in [-0.15, -0.1) is 11.3 Å². The van der Waals surface area contributed by atoms with Gasteiger partial charge in [-0.25, -0.2) is 0 Å². The molecule has 1 unspecified atom stereocenters. The predicted molar refractivity (Wildman–Crippen MR) is 79.9 cm³/mol. The van der Waals surface area contributed by atoms with E-state index in [0.29, 0.717) is 22.8 Å². The van der Waals surface area contributed by atoms with Crippen LogP contribution in [-0.2, 0) is 0 Å². The highest BCUT2D eigenvalue weighted by Crippen LogP contribution is 2.72. The van der Waals surface area contributed by atoms with Crippen LogP contribution in [0.1, 0.15) is 38.6 Å². The average molecular weight is 337 g/mol. The molecule has 1 aromatic rings. The molecule has 1 heterocycles. The van der Waals surface area contributed by atoms with E-state index in [1.807, 2.05) is 7.05 Å². The largest absolute Gasteiger partial charge is 0.312 e. The fourth-order valence-electron chi connectivity index (χ4n) is 3.07. The van der Waals surface area contributed by atoms with Gasteiger partial charge in [-0.2, -0.15) is 0 Å². The fourth-order valence-corrected chi connectivity index (χ4v) is 4.96. The smallest absolute Gasteiger partial charge is 0.0887 e. The first kappa shape index (κ1) is 13.9. The quantitative estimate of drug-likeness (QED) is 0.809. The molecule has 0 aliphatic heterocycles. The monoisotopic (exact) mass is 335 g/mol. The minimum Gasteiger partial charge on any atom is -0.312 e. The van der Waals surface area contributed by atoms with Crippen molar-refractivity contribution in [2.24, 2.45) is 16.7 Å². The summed E-state index contributed by atoms with van der Waals surface area (Å²) in [5.74, 6) is 0.654. The molecular weight excluding hydrogens is 318 g/mol. The standard InChI is InChI=1S/C13H19BrClNS/c1-12(2)10(13(12,3)4)9(16-5)8-6-7(15)11(14)17-8/h6,9-10,16H,1-5H3. The van der Waals surface area contributed by atoms with Crippen LogP contribution >= 0.6 is 38.9 Å². The highest BCUT2D eigenvalue weighted by atomic mass is 79.9. The Morgan fingerprint density at radius 2 is 1.88 bits per heavy atom. The molecule has 1 aliphatic carbocycles. The summed E-state index contributed by atoms with van der Waals surface area (Å²) in [6, 6.07) is 2.48. The van der Waals surface area contributed by atoms with Crippen LogP contribution in [0.5, 0.6) is 0 Å². The summed E-state index contributed by atoms with van der Waals surface area (Å²) in [6.07, 6.45) is 0. The van der Waals surface area contributed by atoms with Gasteiger partial charge in [0, 0.05) is 10.9 Å². The zero-order valence-corrected chi connectivity index (χ0v) is 14.1. The van der Waals surface area contributed by atoms with Crippen molar-refractivity contribution in [3.05, 3.63) is 19.8 Å². The summed E-state index contributed by atoms with van der Waals surface area (Å²) in [7, 11) is 2.04. The van der Waals surface area contributed by atoms with Crippen molar-refractivity contribution in [3.8, 4) is 0 Å². The van der Waals surface area contributed by atoms with Crippen molar-refractivity contribution in [1.82, 2.24) is 5.32 Å². The average Bonchev–Trinajstić information content (AvgIpc) is 2.51. The Hall–Kier alpha value is 0.430. The molecule has 0 spiro atoms. The second-order valence-electron chi connectivity index (χ2n) is 5.96. The van der Waals surface area contributed by atoms with E-state index in [2.05, 4.69) is 55.0 Å². The summed E-state index contributed by atoms with van der Waals surface area (Å²) < 4.78 is 1.03. The molecule has 1 nitrogen and oxygen atoms in total. The van der Waals surface area contributed by atoms with Gasteiger partial charge in [0.15, 0.2) is 0 Å². The molecule has 1 aliphatic rings. The Balaban J connectivity index is 2.31. The summed E-state index contributed by atoms with van der Waals surface area (Å²) in [4.78, 5) is 1.33. The van der Waals surface area contributed by atoms with Gasteiger partial charge < -0.3 is 5.32 Å². The minimum absolute atomic E-state index is 0.379. The summed E-state index contributed by atoms with van der Waals surface area (Å²) in [5.41, 5.74) is 0.757. The Morgan fingerprint density at radius 3 is 2.18 bits per heavy atom. The van der Waals surface area contributed by atoms with E-state index in [-0.39, 0.29) is 0 Å². The molecular formula is C13H19BrClNS. The van der Waals surface area contributed by atoms with E-state index in [9.17, 15) is 0 Å². The molecule has 1 saturated carbocycles. The van der Waals surface area contributed by atoms with Gasteiger partial charge in [-0.3, -0.25) is 0 Å². The second-order valence-corrected chi connectivity index (χ2v) is 8.77. The van der Waals surface area contributed by atoms with Gasteiger partial charge in [0.1, 0.15) is 0 Å². The lowest BCUT2D eigenvalue weighted by Crippen LogP contribution is -2.20. The van der Waals surface area contributed by atoms with E-state index < -0.39 is 0 Å². The third-order valence-corrected chi connectivity index (χ3v) is 7.31. The van der Waals surface area contributed by atoms with Gasteiger partial charge in [0.25, 0.3) is 0 Å². The van der Waals surface area contributed by atoms with E-state index >= 15 is 0 Å². The summed E-state index contributed by atoms with van der Waals surface area (Å²) in [6.45, 7) is 9.41. The topological polar surface area (TPSA) is 12.0 Å². The number of hydrogen-bond acceptors (Lipinski definition) is 2. The van der Waals surface area contributed by atoms with Crippen LogP contribution in [0.3, 0.4) is 0 Å².